The van der Waals surface area contributed by atoms with Crippen LogP contribution in [0.5, 0.6) is 0 Å². The van der Waals surface area contributed by atoms with E-state index in [1.54, 1.807) is 0 Å². The van der Waals surface area contributed by atoms with Gasteiger partial charge in [0.15, 0.2) is 0 Å². The van der Waals surface area contributed by atoms with E-state index in [1.807, 2.05) is 36.5 Å². The molecule has 5 nitrogen and oxygen atoms in total. The number of fused-ring (bicyclic) bond motifs is 6. The van der Waals surface area contributed by atoms with Gasteiger partial charge in [0.05, 0.1) is 33.6 Å². The van der Waals surface area contributed by atoms with Crippen molar-refractivity contribution in [2.75, 3.05) is 0 Å². The summed E-state index contributed by atoms with van der Waals surface area (Å²) in [7, 11) is 0. The van der Waals surface area contributed by atoms with Crippen LogP contribution in [0.15, 0.2) is 152 Å². The van der Waals surface area contributed by atoms with Crippen LogP contribution >= 0.6 is 0 Å². The highest BCUT2D eigenvalue weighted by Crippen LogP contribution is 2.39. The van der Waals surface area contributed by atoms with Crippen LogP contribution in [0.1, 0.15) is 5.69 Å². The first-order valence-corrected chi connectivity index (χ1v) is 14.8. The van der Waals surface area contributed by atoms with Gasteiger partial charge in [-0.3, -0.25) is 9.97 Å². The maximum Gasteiger partial charge on any atom is 0.0910 e. The summed E-state index contributed by atoms with van der Waals surface area (Å²) in [6, 6.07) is 40.8. The highest BCUT2D eigenvalue weighted by molar-refractivity contribution is 6.20. The third-order valence-electron chi connectivity index (χ3n) is 8.23. The molecule has 0 aliphatic carbocycles. The van der Waals surface area contributed by atoms with Crippen molar-refractivity contribution in [2.45, 2.75) is 6.42 Å². The van der Waals surface area contributed by atoms with Crippen LogP contribution in [0.25, 0.3) is 66.2 Å². The molecule has 8 aromatic rings. The summed E-state index contributed by atoms with van der Waals surface area (Å²) < 4.78 is 4.66. The fraction of sp³-hybridized carbons (Fsp3) is 0.0256. The number of benzene rings is 4. The van der Waals surface area contributed by atoms with E-state index in [1.165, 1.54) is 44.2 Å². The molecule has 0 fully saturated rings. The molecule has 0 amide bonds. The highest BCUT2D eigenvalue weighted by Gasteiger charge is 2.18. The number of rotatable bonds is 6. The maximum absolute atomic E-state index is 5.55. The molecule has 44 heavy (non-hydrogen) atoms. The van der Waals surface area contributed by atoms with E-state index in [2.05, 4.69) is 123 Å². The minimum absolute atomic E-state index is 0.670. The zero-order valence-electron chi connectivity index (χ0n) is 24.0. The number of hydrogen-bond acceptors (Lipinski definition) is 3. The van der Waals surface area contributed by atoms with E-state index in [9.17, 15) is 0 Å². The van der Waals surface area contributed by atoms with E-state index in [0.29, 0.717) is 6.42 Å². The molecule has 0 bridgehead atoms. The molecule has 4 aromatic heterocycles. The van der Waals surface area contributed by atoms with Gasteiger partial charge in [-0.05, 0) is 78.3 Å². The Hall–Kier alpha value is -5.94. The van der Waals surface area contributed by atoms with Crippen LogP contribution in [0.4, 0.5) is 0 Å². The second kappa shape index (κ2) is 10.7. The Morgan fingerprint density at radius 1 is 0.636 bits per heavy atom. The van der Waals surface area contributed by atoms with Crippen molar-refractivity contribution < 1.29 is 0 Å². The molecule has 0 saturated heterocycles. The van der Waals surface area contributed by atoms with E-state index >= 15 is 0 Å². The summed E-state index contributed by atoms with van der Waals surface area (Å²) in [5.74, 6) is 0. The lowest BCUT2D eigenvalue weighted by molar-refractivity contribution is 1.07. The Morgan fingerprint density at radius 3 is 2.36 bits per heavy atom. The van der Waals surface area contributed by atoms with Crippen molar-refractivity contribution >= 4 is 43.5 Å². The molecule has 2 N–H and O–H groups in total. The molecule has 0 saturated carbocycles. The zero-order chi connectivity index (χ0) is 29.5. The third kappa shape index (κ3) is 4.34. The molecule has 0 radical (unpaired) electrons. The van der Waals surface area contributed by atoms with Gasteiger partial charge in [-0.2, -0.15) is 0 Å². The molecule has 0 atom stereocenters. The van der Waals surface area contributed by atoms with Crippen molar-refractivity contribution in [1.82, 2.24) is 19.1 Å². The standard InChI is InChI=1S/C39H29N5/c40-20-9-2-3-11-29-25-31(26-36(42-29)35-15-8-10-21-41-35)44-37-16-7-6-14-32(37)33-18-17-27-24-38-28(23-34(27)39(33)44)19-22-43(38)30-12-4-1-5-13-30/h1-10,12-26H,11,40H2/b3-2-,20-9-. The summed E-state index contributed by atoms with van der Waals surface area (Å²) in [4.78, 5) is 9.66. The van der Waals surface area contributed by atoms with Gasteiger partial charge < -0.3 is 14.9 Å². The Bertz CT molecular complexity index is 2360. The van der Waals surface area contributed by atoms with Gasteiger partial charge in [0.2, 0.25) is 0 Å². The molecule has 0 spiro atoms. The number of nitrogens with zero attached hydrogens (tertiary/aromatic N) is 4. The predicted molar refractivity (Wildman–Crippen MR) is 182 cm³/mol. The van der Waals surface area contributed by atoms with Crippen molar-refractivity contribution in [2.24, 2.45) is 5.73 Å². The first kappa shape index (κ1) is 25.7. The van der Waals surface area contributed by atoms with Crippen LogP contribution in [0, 0.1) is 0 Å². The number of para-hydroxylation sites is 2. The lowest BCUT2D eigenvalue weighted by Gasteiger charge is -2.14. The highest BCUT2D eigenvalue weighted by atomic mass is 15.0. The van der Waals surface area contributed by atoms with E-state index < -0.39 is 0 Å². The third-order valence-corrected chi connectivity index (χ3v) is 8.23. The minimum Gasteiger partial charge on any atom is -0.405 e. The van der Waals surface area contributed by atoms with Crippen LogP contribution < -0.4 is 5.73 Å². The molecule has 8 rings (SSSR count). The predicted octanol–water partition coefficient (Wildman–Crippen LogP) is 8.91. The molecule has 210 valence electrons. The maximum atomic E-state index is 5.55. The van der Waals surface area contributed by atoms with Gasteiger partial charge in [-0.25, -0.2) is 0 Å². The van der Waals surface area contributed by atoms with E-state index in [-0.39, 0.29) is 0 Å². The number of nitrogens with two attached hydrogens (primary N) is 1. The Kier molecular flexibility index (Phi) is 6.27. The molecular weight excluding hydrogens is 538 g/mol. The Morgan fingerprint density at radius 2 is 1.50 bits per heavy atom. The molecule has 0 unspecified atom stereocenters. The van der Waals surface area contributed by atoms with E-state index in [4.69, 9.17) is 10.7 Å². The molecule has 4 aromatic carbocycles. The molecule has 0 aliphatic rings. The second-order valence-corrected chi connectivity index (χ2v) is 10.9. The van der Waals surface area contributed by atoms with Crippen LogP contribution in [0.2, 0.25) is 0 Å². The minimum atomic E-state index is 0.670. The zero-order valence-corrected chi connectivity index (χ0v) is 24.0. The summed E-state index contributed by atoms with van der Waals surface area (Å²) in [5.41, 5.74) is 13.9. The summed E-state index contributed by atoms with van der Waals surface area (Å²) in [6.07, 6.45) is 12.0. The Labute approximate surface area is 254 Å². The summed E-state index contributed by atoms with van der Waals surface area (Å²) in [6.45, 7) is 0. The lowest BCUT2D eigenvalue weighted by Crippen LogP contribution is -2.00. The molecule has 4 heterocycles. The average Bonchev–Trinajstić information content (AvgIpc) is 3.65. The normalized spacial score (nSPS) is 12.1. The first-order valence-electron chi connectivity index (χ1n) is 14.8. The average molecular weight is 568 g/mol. The SMILES string of the molecule is N/C=C\C=C/Cc1cc(-n2c3ccccc3c3ccc4cc5c(ccn5-c5ccccc5)cc4c32)cc(-c2ccccn2)n1. The van der Waals surface area contributed by atoms with Gasteiger partial charge >= 0.3 is 0 Å². The number of pyridine rings is 2. The number of hydrogen-bond donors (Lipinski definition) is 1. The number of aromatic nitrogens is 4. The van der Waals surface area contributed by atoms with Crippen molar-refractivity contribution in [3.8, 4) is 22.8 Å². The van der Waals surface area contributed by atoms with Crippen LogP contribution in [0.3, 0.4) is 0 Å². The smallest absolute Gasteiger partial charge is 0.0910 e. The second-order valence-electron chi connectivity index (χ2n) is 10.9. The van der Waals surface area contributed by atoms with Crippen LogP contribution in [-0.4, -0.2) is 19.1 Å². The largest absolute Gasteiger partial charge is 0.405 e. The van der Waals surface area contributed by atoms with Gasteiger partial charge in [0, 0.05) is 51.7 Å². The molecule has 0 aliphatic heterocycles. The number of allylic oxidation sites excluding steroid dienone is 3. The fourth-order valence-corrected chi connectivity index (χ4v) is 6.28. The van der Waals surface area contributed by atoms with Crippen molar-refractivity contribution in [1.29, 1.82) is 0 Å². The lowest BCUT2D eigenvalue weighted by atomic mass is 10.0. The van der Waals surface area contributed by atoms with E-state index in [0.717, 1.165) is 34.0 Å². The van der Waals surface area contributed by atoms with Crippen molar-refractivity contribution in [3.05, 3.63) is 158 Å². The fourth-order valence-electron chi connectivity index (χ4n) is 6.28. The van der Waals surface area contributed by atoms with Gasteiger partial charge in [0.25, 0.3) is 0 Å². The van der Waals surface area contributed by atoms with Gasteiger partial charge in [-0.1, -0.05) is 66.7 Å². The van der Waals surface area contributed by atoms with Gasteiger partial charge in [-0.15, -0.1) is 0 Å². The molecule has 5 heteroatoms. The Balaban J connectivity index is 1.42. The van der Waals surface area contributed by atoms with Crippen LogP contribution in [-0.2, 0) is 6.42 Å². The van der Waals surface area contributed by atoms with Gasteiger partial charge in [0.1, 0.15) is 0 Å². The first-order chi connectivity index (χ1) is 21.8. The summed E-state index contributed by atoms with van der Waals surface area (Å²) in [5, 5.41) is 6.05. The topological polar surface area (TPSA) is 61.7 Å². The monoisotopic (exact) mass is 567 g/mol. The molecular formula is C39H29N5. The van der Waals surface area contributed by atoms with Crippen molar-refractivity contribution in [3.63, 3.8) is 0 Å². The quantitative estimate of drug-likeness (QED) is 0.204. The summed E-state index contributed by atoms with van der Waals surface area (Å²) >= 11 is 0.